The molecule has 0 aromatic heterocycles. The molecule has 3 rings (SSSR count). The van der Waals surface area contributed by atoms with Gasteiger partial charge in [0.2, 0.25) is 0 Å². The Labute approximate surface area is 128 Å². The maximum absolute atomic E-state index is 6.40. The predicted octanol–water partition coefficient (Wildman–Crippen LogP) is 3.24. The molecule has 4 unspecified atom stereocenters. The van der Waals surface area contributed by atoms with E-state index in [1.54, 1.807) is 7.11 Å². The Morgan fingerprint density at radius 3 is 2.95 bits per heavy atom. The molecule has 0 saturated heterocycles. The summed E-state index contributed by atoms with van der Waals surface area (Å²) in [7, 11) is 1.80. The molecule has 2 aliphatic rings. The van der Waals surface area contributed by atoms with Crippen LogP contribution in [0.1, 0.15) is 49.8 Å². The zero-order valence-corrected chi connectivity index (χ0v) is 13.2. The van der Waals surface area contributed by atoms with Gasteiger partial charge >= 0.3 is 0 Å². The number of rotatable bonds is 6. The number of methoxy groups -OCH3 is 1. The lowest BCUT2D eigenvalue weighted by molar-refractivity contribution is -0.161. The van der Waals surface area contributed by atoms with Gasteiger partial charge < -0.3 is 14.8 Å². The molecule has 3 heteroatoms. The summed E-state index contributed by atoms with van der Waals surface area (Å²) in [4.78, 5) is 0. The van der Waals surface area contributed by atoms with Gasteiger partial charge in [-0.2, -0.15) is 0 Å². The monoisotopic (exact) mass is 289 g/mol. The molecular weight excluding hydrogens is 262 g/mol. The van der Waals surface area contributed by atoms with Crippen LogP contribution in [0, 0.1) is 0 Å². The summed E-state index contributed by atoms with van der Waals surface area (Å²) in [5.41, 5.74) is 2.85. The molecule has 0 heterocycles. The largest absolute Gasteiger partial charge is 0.377 e. The van der Waals surface area contributed by atoms with Crippen molar-refractivity contribution in [1.82, 2.24) is 5.32 Å². The molecule has 0 radical (unpaired) electrons. The highest BCUT2D eigenvalue weighted by molar-refractivity contribution is 5.31. The number of nitrogens with one attached hydrogen (secondary N) is 1. The van der Waals surface area contributed by atoms with E-state index in [0.717, 1.165) is 25.8 Å². The molecule has 1 aromatic carbocycles. The molecule has 1 N–H and O–H groups in total. The zero-order valence-electron chi connectivity index (χ0n) is 13.2. The van der Waals surface area contributed by atoms with Crippen molar-refractivity contribution >= 4 is 0 Å². The number of aryl methyl sites for hydroxylation is 1. The Bertz CT molecular complexity index is 462. The third kappa shape index (κ3) is 3.15. The van der Waals surface area contributed by atoms with Crippen LogP contribution in [0.25, 0.3) is 0 Å². The molecule has 116 valence electrons. The smallest absolute Gasteiger partial charge is 0.0987 e. The van der Waals surface area contributed by atoms with E-state index in [1.807, 2.05) is 0 Å². The van der Waals surface area contributed by atoms with Crippen LogP contribution < -0.4 is 5.32 Å². The van der Waals surface area contributed by atoms with E-state index in [9.17, 15) is 0 Å². The van der Waals surface area contributed by atoms with Gasteiger partial charge in [0.1, 0.15) is 0 Å². The molecule has 3 nitrogen and oxygen atoms in total. The molecule has 1 fully saturated rings. The van der Waals surface area contributed by atoms with Crippen molar-refractivity contribution in [3.63, 3.8) is 0 Å². The van der Waals surface area contributed by atoms with Crippen molar-refractivity contribution < 1.29 is 9.47 Å². The van der Waals surface area contributed by atoms with E-state index < -0.39 is 0 Å². The number of fused-ring (bicyclic) bond motifs is 1. The predicted molar refractivity (Wildman–Crippen MR) is 84.5 cm³/mol. The van der Waals surface area contributed by atoms with Crippen LogP contribution in [-0.2, 0) is 15.9 Å². The summed E-state index contributed by atoms with van der Waals surface area (Å²) in [6.07, 6.45) is 6.47. The minimum atomic E-state index is 0.200. The number of hydrogen-bond donors (Lipinski definition) is 1. The Morgan fingerprint density at radius 2 is 2.14 bits per heavy atom. The minimum absolute atomic E-state index is 0.200. The van der Waals surface area contributed by atoms with Gasteiger partial charge in [-0.05, 0) is 49.8 Å². The maximum Gasteiger partial charge on any atom is 0.0987 e. The SMILES string of the molecule is CCCNC1CC(OC2CCCc3ccccc32)C1OC. The zero-order chi connectivity index (χ0) is 14.7. The van der Waals surface area contributed by atoms with Crippen LogP contribution >= 0.6 is 0 Å². The summed E-state index contributed by atoms with van der Waals surface area (Å²) in [5, 5.41) is 3.55. The fourth-order valence-electron chi connectivity index (χ4n) is 3.62. The van der Waals surface area contributed by atoms with Crippen molar-refractivity contribution in [2.24, 2.45) is 0 Å². The lowest BCUT2D eigenvalue weighted by Gasteiger charge is -2.45. The van der Waals surface area contributed by atoms with Gasteiger partial charge in [0.25, 0.3) is 0 Å². The molecule has 4 atom stereocenters. The summed E-state index contributed by atoms with van der Waals surface area (Å²) in [6, 6.07) is 9.18. The molecule has 0 bridgehead atoms. The lowest BCUT2D eigenvalue weighted by atomic mass is 9.83. The normalized spacial score (nSPS) is 31.5. The van der Waals surface area contributed by atoms with Gasteiger partial charge in [-0.25, -0.2) is 0 Å². The number of ether oxygens (including phenoxy) is 2. The van der Waals surface area contributed by atoms with Crippen LogP contribution in [0.15, 0.2) is 24.3 Å². The summed E-state index contributed by atoms with van der Waals surface area (Å²) < 4.78 is 12.1. The van der Waals surface area contributed by atoms with Crippen molar-refractivity contribution in [3.8, 4) is 0 Å². The van der Waals surface area contributed by atoms with Gasteiger partial charge in [0.15, 0.2) is 0 Å². The highest BCUT2D eigenvalue weighted by Gasteiger charge is 2.43. The summed E-state index contributed by atoms with van der Waals surface area (Å²) in [5.74, 6) is 0. The second kappa shape index (κ2) is 6.91. The van der Waals surface area contributed by atoms with Crippen LogP contribution in [-0.4, -0.2) is 31.9 Å². The minimum Gasteiger partial charge on any atom is -0.377 e. The topological polar surface area (TPSA) is 30.5 Å². The Kier molecular flexibility index (Phi) is 4.94. The third-order valence-electron chi connectivity index (χ3n) is 4.83. The van der Waals surface area contributed by atoms with Gasteiger partial charge in [-0.15, -0.1) is 0 Å². The van der Waals surface area contributed by atoms with Crippen molar-refractivity contribution in [2.45, 2.75) is 63.4 Å². The standard InChI is InChI=1S/C18H27NO2/c1-3-11-19-15-12-17(18(15)20-2)21-16-10-6-8-13-7-4-5-9-14(13)16/h4-5,7,9,15-19H,3,6,8,10-12H2,1-2H3. The second-order valence-corrected chi connectivity index (χ2v) is 6.25. The molecule has 21 heavy (non-hydrogen) atoms. The van der Waals surface area contributed by atoms with E-state index in [1.165, 1.54) is 24.0 Å². The number of hydrogen-bond acceptors (Lipinski definition) is 3. The fraction of sp³-hybridized carbons (Fsp3) is 0.667. The second-order valence-electron chi connectivity index (χ2n) is 6.25. The van der Waals surface area contributed by atoms with E-state index in [2.05, 4.69) is 36.5 Å². The highest BCUT2D eigenvalue weighted by Crippen LogP contribution is 2.37. The van der Waals surface area contributed by atoms with Crippen LogP contribution in [0.2, 0.25) is 0 Å². The first kappa shape index (κ1) is 15.0. The van der Waals surface area contributed by atoms with Crippen LogP contribution in [0.4, 0.5) is 0 Å². The Balaban J connectivity index is 1.61. The molecule has 0 amide bonds. The van der Waals surface area contributed by atoms with Gasteiger partial charge in [-0.1, -0.05) is 31.2 Å². The van der Waals surface area contributed by atoms with Gasteiger partial charge in [0, 0.05) is 13.2 Å². The van der Waals surface area contributed by atoms with Crippen molar-refractivity contribution in [1.29, 1.82) is 0 Å². The van der Waals surface area contributed by atoms with Crippen molar-refractivity contribution in [2.75, 3.05) is 13.7 Å². The fourth-order valence-corrected chi connectivity index (χ4v) is 3.62. The average molecular weight is 289 g/mol. The highest BCUT2D eigenvalue weighted by atomic mass is 16.5. The molecule has 0 spiro atoms. The van der Waals surface area contributed by atoms with E-state index in [4.69, 9.17) is 9.47 Å². The van der Waals surface area contributed by atoms with Gasteiger partial charge in [0.05, 0.1) is 18.3 Å². The summed E-state index contributed by atoms with van der Waals surface area (Å²) >= 11 is 0. The third-order valence-corrected chi connectivity index (χ3v) is 4.83. The van der Waals surface area contributed by atoms with E-state index in [0.29, 0.717) is 6.04 Å². The first-order valence-electron chi connectivity index (χ1n) is 8.33. The molecule has 0 aliphatic heterocycles. The van der Waals surface area contributed by atoms with Gasteiger partial charge in [-0.3, -0.25) is 0 Å². The molecule has 1 aromatic rings. The van der Waals surface area contributed by atoms with E-state index in [-0.39, 0.29) is 18.3 Å². The first-order valence-corrected chi connectivity index (χ1v) is 8.33. The van der Waals surface area contributed by atoms with E-state index >= 15 is 0 Å². The molecule has 1 saturated carbocycles. The molecule has 2 aliphatic carbocycles. The Morgan fingerprint density at radius 1 is 1.29 bits per heavy atom. The van der Waals surface area contributed by atoms with Crippen LogP contribution in [0.5, 0.6) is 0 Å². The quantitative estimate of drug-likeness (QED) is 0.872. The first-order chi connectivity index (χ1) is 10.3. The van der Waals surface area contributed by atoms with Crippen molar-refractivity contribution in [3.05, 3.63) is 35.4 Å². The average Bonchev–Trinajstić information content (AvgIpc) is 2.50. The Hall–Kier alpha value is -0.900. The lowest BCUT2D eigenvalue weighted by Crippen LogP contribution is -2.60. The van der Waals surface area contributed by atoms with Crippen LogP contribution in [0.3, 0.4) is 0 Å². The summed E-state index contributed by atoms with van der Waals surface area (Å²) in [6.45, 7) is 3.25. The molecular formula is C18H27NO2. The number of benzene rings is 1. The maximum atomic E-state index is 6.40.